The number of rotatable bonds is 5. The minimum Gasteiger partial charge on any atom is -0.457 e. The summed E-state index contributed by atoms with van der Waals surface area (Å²) < 4.78 is 10.9. The third-order valence-corrected chi connectivity index (χ3v) is 3.60. The summed E-state index contributed by atoms with van der Waals surface area (Å²) in [5.74, 6) is 1.71. The normalized spacial score (nSPS) is 15.0. The SMILES string of the molecule is COCC(O)CNC1c2ccccc2Oc2ccccc21. The summed E-state index contributed by atoms with van der Waals surface area (Å²) in [7, 11) is 1.59. The van der Waals surface area contributed by atoms with Gasteiger partial charge in [0, 0.05) is 24.8 Å². The molecule has 3 rings (SSSR count). The molecule has 0 saturated carbocycles. The summed E-state index contributed by atoms with van der Waals surface area (Å²) in [4.78, 5) is 0. The second kappa shape index (κ2) is 6.26. The van der Waals surface area contributed by atoms with Gasteiger partial charge in [0.15, 0.2) is 0 Å². The van der Waals surface area contributed by atoms with E-state index in [0.29, 0.717) is 13.2 Å². The number of ether oxygens (including phenoxy) is 2. The summed E-state index contributed by atoms with van der Waals surface area (Å²) in [6.07, 6.45) is -0.530. The van der Waals surface area contributed by atoms with Crippen LogP contribution in [0.3, 0.4) is 0 Å². The van der Waals surface area contributed by atoms with Crippen LogP contribution < -0.4 is 10.1 Å². The summed E-state index contributed by atoms with van der Waals surface area (Å²) in [6, 6.07) is 16.0. The molecule has 21 heavy (non-hydrogen) atoms. The Labute approximate surface area is 124 Å². The Morgan fingerprint density at radius 2 is 1.67 bits per heavy atom. The number of para-hydroxylation sites is 2. The Hall–Kier alpha value is -1.88. The van der Waals surface area contributed by atoms with Crippen LogP contribution in [0.2, 0.25) is 0 Å². The molecule has 0 bridgehead atoms. The molecule has 2 aromatic carbocycles. The molecule has 4 nitrogen and oxygen atoms in total. The van der Waals surface area contributed by atoms with Crippen LogP contribution >= 0.6 is 0 Å². The van der Waals surface area contributed by atoms with Gasteiger partial charge in [-0.2, -0.15) is 0 Å². The maximum Gasteiger partial charge on any atom is 0.132 e. The molecular weight excluding hydrogens is 266 g/mol. The summed E-state index contributed by atoms with van der Waals surface area (Å²) in [6.45, 7) is 0.778. The van der Waals surface area contributed by atoms with Gasteiger partial charge >= 0.3 is 0 Å². The van der Waals surface area contributed by atoms with Gasteiger partial charge in [0.05, 0.1) is 18.8 Å². The van der Waals surface area contributed by atoms with Gasteiger partial charge in [-0.3, -0.25) is 0 Å². The van der Waals surface area contributed by atoms with Crippen molar-refractivity contribution in [1.29, 1.82) is 0 Å². The first-order valence-corrected chi connectivity index (χ1v) is 7.05. The van der Waals surface area contributed by atoms with Crippen LogP contribution in [0.1, 0.15) is 17.2 Å². The molecule has 2 N–H and O–H groups in total. The van der Waals surface area contributed by atoms with Crippen LogP contribution in [0.15, 0.2) is 48.5 Å². The van der Waals surface area contributed by atoms with Crippen LogP contribution in [0, 0.1) is 0 Å². The van der Waals surface area contributed by atoms with Crippen molar-refractivity contribution in [2.75, 3.05) is 20.3 Å². The molecule has 0 amide bonds. The number of hydrogen-bond donors (Lipinski definition) is 2. The zero-order valence-corrected chi connectivity index (χ0v) is 12.0. The molecule has 110 valence electrons. The average Bonchev–Trinajstić information content (AvgIpc) is 2.51. The lowest BCUT2D eigenvalue weighted by atomic mass is 9.94. The van der Waals surface area contributed by atoms with Crippen LogP contribution in [-0.4, -0.2) is 31.5 Å². The maximum atomic E-state index is 9.86. The van der Waals surface area contributed by atoms with Gasteiger partial charge in [-0.15, -0.1) is 0 Å². The molecule has 0 fully saturated rings. The van der Waals surface area contributed by atoms with Crippen LogP contribution in [0.25, 0.3) is 0 Å². The fraction of sp³-hybridized carbons (Fsp3) is 0.294. The lowest BCUT2D eigenvalue weighted by Crippen LogP contribution is -2.34. The molecule has 2 aromatic rings. The van der Waals surface area contributed by atoms with E-state index in [1.807, 2.05) is 48.5 Å². The standard InChI is InChI=1S/C17H19NO3/c1-20-11-12(19)10-18-17-13-6-2-4-8-15(13)21-16-9-5-3-7-14(16)17/h2-9,12,17-19H,10-11H2,1H3. The zero-order valence-electron chi connectivity index (χ0n) is 12.0. The minimum atomic E-state index is -0.530. The minimum absolute atomic E-state index is 0.0117. The molecule has 0 aromatic heterocycles. The average molecular weight is 285 g/mol. The lowest BCUT2D eigenvalue weighted by molar-refractivity contribution is 0.0633. The van der Waals surface area contributed by atoms with Crippen LogP contribution in [0.4, 0.5) is 0 Å². The fourth-order valence-electron chi connectivity index (χ4n) is 2.64. The molecule has 4 heteroatoms. The Bertz CT molecular complexity index is 569. The third-order valence-electron chi connectivity index (χ3n) is 3.60. The van der Waals surface area contributed by atoms with Crippen molar-refractivity contribution in [2.24, 2.45) is 0 Å². The van der Waals surface area contributed by atoms with Crippen molar-refractivity contribution in [3.63, 3.8) is 0 Å². The number of methoxy groups -OCH3 is 1. The first-order chi connectivity index (χ1) is 10.3. The molecule has 1 aliphatic heterocycles. The lowest BCUT2D eigenvalue weighted by Gasteiger charge is -2.29. The molecule has 0 spiro atoms. The number of aliphatic hydroxyl groups is 1. The molecule has 1 aliphatic rings. The van der Waals surface area contributed by atoms with E-state index in [4.69, 9.17) is 9.47 Å². The van der Waals surface area contributed by atoms with Gasteiger partial charge in [0.1, 0.15) is 11.5 Å². The Kier molecular flexibility index (Phi) is 4.20. The van der Waals surface area contributed by atoms with Gasteiger partial charge in [-0.05, 0) is 12.1 Å². The number of hydrogen-bond acceptors (Lipinski definition) is 4. The first kappa shape index (κ1) is 14.1. The van der Waals surface area contributed by atoms with E-state index in [9.17, 15) is 5.11 Å². The summed E-state index contributed by atoms with van der Waals surface area (Å²) in [5.41, 5.74) is 2.17. The largest absolute Gasteiger partial charge is 0.457 e. The van der Waals surface area contributed by atoms with E-state index < -0.39 is 6.10 Å². The van der Waals surface area contributed by atoms with E-state index in [0.717, 1.165) is 22.6 Å². The van der Waals surface area contributed by atoms with E-state index in [1.54, 1.807) is 7.11 Å². The van der Waals surface area contributed by atoms with E-state index in [1.165, 1.54) is 0 Å². The van der Waals surface area contributed by atoms with Crippen LogP contribution in [-0.2, 0) is 4.74 Å². The summed E-state index contributed by atoms with van der Waals surface area (Å²) in [5, 5.41) is 13.3. The first-order valence-electron chi connectivity index (χ1n) is 7.05. The summed E-state index contributed by atoms with van der Waals surface area (Å²) >= 11 is 0. The molecule has 1 unspecified atom stereocenters. The van der Waals surface area contributed by atoms with Crippen molar-refractivity contribution >= 4 is 0 Å². The van der Waals surface area contributed by atoms with Crippen molar-refractivity contribution in [2.45, 2.75) is 12.1 Å². The fourth-order valence-corrected chi connectivity index (χ4v) is 2.64. The Morgan fingerprint density at radius 1 is 1.10 bits per heavy atom. The predicted molar refractivity (Wildman–Crippen MR) is 80.7 cm³/mol. The van der Waals surface area contributed by atoms with Gasteiger partial charge in [0.25, 0.3) is 0 Å². The van der Waals surface area contributed by atoms with E-state index >= 15 is 0 Å². The highest BCUT2D eigenvalue weighted by Crippen LogP contribution is 2.42. The van der Waals surface area contributed by atoms with Crippen molar-refractivity contribution in [3.05, 3.63) is 59.7 Å². The molecule has 0 radical (unpaired) electrons. The highest BCUT2D eigenvalue weighted by molar-refractivity contribution is 5.52. The number of benzene rings is 2. The zero-order chi connectivity index (χ0) is 14.7. The molecular formula is C17H19NO3. The molecule has 0 saturated heterocycles. The Balaban J connectivity index is 1.88. The van der Waals surface area contributed by atoms with E-state index in [2.05, 4.69) is 5.32 Å². The van der Waals surface area contributed by atoms with Crippen LogP contribution in [0.5, 0.6) is 11.5 Å². The predicted octanol–water partition coefficient (Wildman–Crippen LogP) is 2.48. The van der Waals surface area contributed by atoms with Gasteiger partial charge in [-0.25, -0.2) is 0 Å². The van der Waals surface area contributed by atoms with Crippen molar-refractivity contribution < 1.29 is 14.6 Å². The third kappa shape index (κ3) is 2.93. The number of aliphatic hydroxyl groups excluding tert-OH is 1. The number of nitrogens with one attached hydrogen (secondary N) is 1. The highest BCUT2D eigenvalue weighted by Gasteiger charge is 2.26. The molecule has 1 atom stereocenters. The quantitative estimate of drug-likeness (QED) is 0.886. The number of fused-ring (bicyclic) bond motifs is 2. The smallest absolute Gasteiger partial charge is 0.132 e. The highest BCUT2D eigenvalue weighted by atomic mass is 16.5. The second-order valence-corrected chi connectivity index (χ2v) is 5.13. The topological polar surface area (TPSA) is 50.7 Å². The van der Waals surface area contributed by atoms with Crippen molar-refractivity contribution in [3.8, 4) is 11.5 Å². The van der Waals surface area contributed by atoms with Gasteiger partial charge in [-0.1, -0.05) is 36.4 Å². The Morgan fingerprint density at radius 3 is 2.24 bits per heavy atom. The second-order valence-electron chi connectivity index (χ2n) is 5.13. The molecule has 1 heterocycles. The monoisotopic (exact) mass is 285 g/mol. The van der Waals surface area contributed by atoms with Gasteiger partial charge in [0.2, 0.25) is 0 Å². The van der Waals surface area contributed by atoms with E-state index in [-0.39, 0.29) is 6.04 Å². The molecule has 0 aliphatic carbocycles. The maximum absolute atomic E-state index is 9.86. The van der Waals surface area contributed by atoms with Gasteiger partial charge < -0.3 is 19.9 Å². The van der Waals surface area contributed by atoms with Crippen molar-refractivity contribution in [1.82, 2.24) is 5.32 Å².